The van der Waals surface area contributed by atoms with Crippen molar-refractivity contribution in [1.29, 1.82) is 0 Å². The number of hydrogen-bond acceptors (Lipinski definition) is 5. The SMILES string of the molecule is CC(C)(C)OC(=O)N1CCCN1c1cccc(C(=O)OCc2ccccc2)c1. The third-order valence-electron chi connectivity index (χ3n) is 4.23. The Kier molecular flexibility index (Phi) is 5.87. The number of benzene rings is 2. The fraction of sp³-hybridized carbons (Fsp3) is 0.364. The van der Waals surface area contributed by atoms with Crippen LogP contribution in [0.4, 0.5) is 10.5 Å². The van der Waals surface area contributed by atoms with Crippen LogP contribution in [0.25, 0.3) is 0 Å². The van der Waals surface area contributed by atoms with E-state index in [0.29, 0.717) is 18.7 Å². The third-order valence-corrected chi connectivity index (χ3v) is 4.23. The minimum Gasteiger partial charge on any atom is -0.457 e. The van der Waals surface area contributed by atoms with Crippen molar-refractivity contribution in [2.75, 3.05) is 18.1 Å². The second-order valence-corrected chi connectivity index (χ2v) is 7.69. The monoisotopic (exact) mass is 382 g/mol. The molecule has 1 amide bonds. The highest BCUT2D eigenvalue weighted by Crippen LogP contribution is 2.25. The topological polar surface area (TPSA) is 59.1 Å². The molecule has 0 spiro atoms. The van der Waals surface area contributed by atoms with Crippen molar-refractivity contribution < 1.29 is 19.1 Å². The number of ether oxygens (including phenoxy) is 2. The average molecular weight is 382 g/mol. The first kappa shape index (κ1) is 19.7. The summed E-state index contributed by atoms with van der Waals surface area (Å²) in [5, 5.41) is 3.43. The predicted octanol–water partition coefficient (Wildman–Crippen LogP) is 4.41. The molecule has 28 heavy (non-hydrogen) atoms. The number of rotatable bonds is 4. The number of amides is 1. The van der Waals surface area contributed by atoms with Crippen molar-refractivity contribution in [2.24, 2.45) is 0 Å². The molecule has 0 bridgehead atoms. The molecular weight excluding hydrogens is 356 g/mol. The van der Waals surface area contributed by atoms with Crippen LogP contribution in [0.1, 0.15) is 43.1 Å². The van der Waals surface area contributed by atoms with E-state index < -0.39 is 11.6 Å². The van der Waals surface area contributed by atoms with E-state index in [1.165, 1.54) is 0 Å². The zero-order valence-electron chi connectivity index (χ0n) is 16.6. The van der Waals surface area contributed by atoms with Crippen molar-refractivity contribution in [3.63, 3.8) is 0 Å². The Balaban J connectivity index is 1.69. The lowest BCUT2D eigenvalue weighted by Crippen LogP contribution is -2.44. The summed E-state index contributed by atoms with van der Waals surface area (Å²) in [7, 11) is 0. The molecule has 3 rings (SSSR count). The minimum atomic E-state index is -0.561. The number of hydrogen-bond donors (Lipinski definition) is 0. The van der Waals surface area contributed by atoms with E-state index in [1.807, 2.05) is 62.2 Å². The summed E-state index contributed by atoms with van der Waals surface area (Å²) in [4.78, 5) is 24.9. The summed E-state index contributed by atoms with van der Waals surface area (Å²) in [6.07, 6.45) is 0.448. The maximum Gasteiger partial charge on any atom is 0.429 e. The standard InChI is InChI=1S/C22H26N2O4/c1-22(2,3)28-21(26)24-14-8-13-23(24)19-12-7-11-18(15-19)20(25)27-16-17-9-5-4-6-10-17/h4-7,9-12,15H,8,13-14,16H2,1-3H3. The zero-order valence-corrected chi connectivity index (χ0v) is 16.6. The van der Waals surface area contributed by atoms with Crippen LogP contribution in [-0.4, -0.2) is 35.8 Å². The van der Waals surface area contributed by atoms with Gasteiger partial charge in [0.1, 0.15) is 12.2 Å². The summed E-state index contributed by atoms with van der Waals surface area (Å²) in [5.74, 6) is -0.395. The largest absolute Gasteiger partial charge is 0.457 e. The molecule has 0 radical (unpaired) electrons. The average Bonchev–Trinajstić information content (AvgIpc) is 3.16. The molecule has 0 aliphatic carbocycles. The van der Waals surface area contributed by atoms with Gasteiger partial charge in [0.2, 0.25) is 0 Å². The molecule has 148 valence electrons. The molecule has 1 heterocycles. The van der Waals surface area contributed by atoms with E-state index in [2.05, 4.69) is 0 Å². The van der Waals surface area contributed by atoms with Gasteiger partial charge in [-0.1, -0.05) is 36.4 Å². The number of anilines is 1. The van der Waals surface area contributed by atoms with Crippen LogP contribution in [0.5, 0.6) is 0 Å². The summed E-state index contributed by atoms with van der Waals surface area (Å²) in [5.41, 5.74) is 1.58. The van der Waals surface area contributed by atoms with Gasteiger partial charge in [-0.05, 0) is 51.0 Å². The van der Waals surface area contributed by atoms with Crippen LogP contribution in [0.2, 0.25) is 0 Å². The smallest absolute Gasteiger partial charge is 0.429 e. The van der Waals surface area contributed by atoms with Crippen molar-refractivity contribution in [1.82, 2.24) is 5.01 Å². The number of carbonyl (C=O) groups excluding carboxylic acids is 2. The summed E-state index contributed by atoms with van der Waals surface area (Å²) in [6.45, 7) is 7.01. The van der Waals surface area contributed by atoms with Crippen molar-refractivity contribution in [2.45, 2.75) is 39.4 Å². The Hall–Kier alpha value is -3.02. The first-order chi connectivity index (χ1) is 13.3. The van der Waals surface area contributed by atoms with Crippen LogP contribution >= 0.6 is 0 Å². The summed E-state index contributed by atoms with van der Waals surface area (Å²) in [6, 6.07) is 16.7. The van der Waals surface area contributed by atoms with Gasteiger partial charge in [0.15, 0.2) is 0 Å². The van der Waals surface area contributed by atoms with Crippen LogP contribution < -0.4 is 5.01 Å². The minimum absolute atomic E-state index is 0.220. The highest BCUT2D eigenvalue weighted by atomic mass is 16.6. The Morgan fingerprint density at radius 1 is 1.00 bits per heavy atom. The maximum atomic E-state index is 12.5. The van der Waals surface area contributed by atoms with Gasteiger partial charge in [-0.2, -0.15) is 0 Å². The first-order valence-electron chi connectivity index (χ1n) is 9.42. The van der Waals surface area contributed by atoms with E-state index >= 15 is 0 Å². The molecule has 2 aromatic rings. The number of carbonyl (C=O) groups is 2. The molecule has 0 saturated carbocycles. The number of esters is 1. The molecule has 0 atom stereocenters. The second-order valence-electron chi connectivity index (χ2n) is 7.69. The highest BCUT2D eigenvalue weighted by molar-refractivity contribution is 5.90. The van der Waals surface area contributed by atoms with E-state index in [0.717, 1.165) is 17.7 Å². The quantitative estimate of drug-likeness (QED) is 0.733. The molecule has 1 fully saturated rings. The lowest BCUT2D eigenvalue weighted by Gasteiger charge is -2.31. The molecule has 1 aliphatic rings. The summed E-state index contributed by atoms with van der Waals surface area (Å²) < 4.78 is 10.9. The maximum absolute atomic E-state index is 12.5. The van der Waals surface area contributed by atoms with Gasteiger partial charge < -0.3 is 9.47 Å². The Labute approximate surface area is 165 Å². The van der Waals surface area contributed by atoms with E-state index in [4.69, 9.17) is 9.47 Å². The fourth-order valence-corrected chi connectivity index (χ4v) is 2.98. The van der Waals surface area contributed by atoms with Crippen LogP contribution in [0, 0.1) is 0 Å². The van der Waals surface area contributed by atoms with Gasteiger partial charge in [0.05, 0.1) is 11.3 Å². The van der Waals surface area contributed by atoms with Crippen LogP contribution in [-0.2, 0) is 16.1 Å². The normalized spacial score (nSPS) is 14.1. The number of hydrazine groups is 1. The van der Waals surface area contributed by atoms with E-state index in [1.54, 1.807) is 23.2 Å². The van der Waals surface area contributed by atoms with E-state index in [9.17, 15) is 9.59 Å². The van der Waals surface area contributed by atoms with Gasteiger partial charge in [-0.25, -0.2) is 14.6 Å². The van der Waals surface area contributed by atoms with Gasteiger partial charge in [0.25, 0.3) is 0 Å². The molecule has 2 aromatic carbocycles. The third kappa shape index (κ3) is 5.03. The molecule has 0 aromatic heterocycles. The predicted molar refractivity (Wildman–Crippen MR) is 107 cm³/mol. The van der Waals surface area contributed by atoms with Crippen molar-refractivity contribution in [3.05, 3.63) is 65.7 Å². The zero-order chi connectivity index (χ0) is 20.1. The molecule has 6 heteroatoms. The van der Waals surface area contributed by atoms with Gasteiger partial charge in [-0.3, -0.25) is 5.01 Å². The molecule has 6 nitrogen and oxygen atoms in total. The van der Waals surface area contributed by atoms with Crippen molar-refractivity contribution in [3.8, 4) is 0 Å². The lowest BCUT2D eigenvalue weighted by molar-refractivity contribution is 0.0274. The highest BCUT2D eigenvalue weighted by Gasteiger charge is 2.31. The van der Waals surface area contributed by atoms with Crippen LogP contribution in [0.3, 0.4) is 0 Å². The van der Waals surface area contributed by atoms with Gasteiger partial charge >= 0.3 is 12.1 Å². The number of nitrogens with zero attached hydrogens (tertiary/aromatic N) is 2. The van der Waals surface area contributed by atoms with Gasteiger partial charge in [-0.15, -0.1) is 0 Å². The van der Waals surface area contributed by atoms with Crippen molar-refractivity contribution >= 4 is 17.7 Å². The Morgan fingerprint density at radius 2 is 1.75 bits per heavy atom. The summed E-state index contributed by atoms with van der Waals surface area (Å²) >= 11 is 0. The molecular formula is C22H26N2O4. The second kappa shape index (κ2) is 8.33. The Morgan fingerprint density at radius 3 is 2.46 bits per heavy atom. The van der Waals surface area contributed by atoms with Gasteiger partial charge in [0, 0.05) is 13.1 Å². The van der Waals surface area contributed by atoms with E-state index in [-0.39, 0.29) is 12.7 Å². The van der Waals surface area contributed by atoms with Crippen LogP contribution in [0.15, 0.2) is 54.6 Å². The first-order valence-corrected chi connectivity index (χ1v) is 9.42. The fourth-order valence-electron chi connectivity index (χ4n) is 2.98. The molecule has 1 aliphatic heterocycles. The lowest BCUT2D eigenvalue weighted by atomic mass is 10.2. The Bertz CT molecular complexity index is 830. The molecule has 1 saturated heterocycles. The molecule has 0 unspecified atom stereocenters. The molecule has 0 N–H and O–H groups in total.